The fourth-order valence-electron chi connectivity index (χ4n) is 13.3. The highest BCUT2D eigenvalue weighted by atomic mass is 16.7. The molecule has 7 nitrogen and oxygen atoms in total. The summed E-state index contributed by atoms with van der Waals surface area (Å²) in [4.78, 5) is 2.32. The Bertz CT molecular complexity index is 1090. The standard InChI is InChI=1S/C38H67NO6/c1-12-42-32(34(5,6)41)24-21-23(2)29-30(44-24)31(40)38(10)26-14-13-25-33(3,4)27(45-28-22-39(11)19-20-43-28)15-16-35(25,7)36(26,8)17-18-37(29,38)9/h23-32,40-41H,12-22H2,1-11H3/t23-,24-,25+,26-,27+,28+,29+,30+,31+,32+,35+,36-,37-,38-/m1/s1. The van der Waals surface area contributed by atoms with Gasteiger partial charge in [0, 0.05) is 25.1 Å². The van der Waals surface area contributed by atoms with E-state index >= 15 is 0 Å². The number of nitrogens with zero attached hydrogens (tertiary/aromatic N) is 1. The van der Waals surface area contributed by atoms with Crippen molar-refractivity contribution < 1.29 is 29.2 Å². The van der Waals surface area contributed by atoms with Crippen molar-refractivity contribution in [2.45, 2.75) is 157 Å². The first-order valence-electron chi connectivity index (χ1n) is 18.5. The minimum Gasteiger partial charge on any atom is -0.390 e. The van der Waals surface area contributed by atoms with E-state index in [4.69, 9.17) is 18.9 Å². The molecule has 4 saturated carbocycles. The van der Waals surface area contributed by atoms with Gasteiger partial charge < -0.3 is 29.2 Å². The molecule has 0 radical (unpaired) electrons. The SMILES string of the molecule is CCO[C@@H]([C@H]1C[C@@H](C)[C@H]2[C@H](O1)[C@H](O)[C@@]1(C)[C@@H]3CC[C@H]4C(C)(C)[C@@H](O[C@H]5CN(C)CCO5)CC[C@]4(C)[C@]3(C)CC[C@]21C)C(C)(C)O. The predicted octanol–water partition coefficient (Wildman–Crippen LogP) is 6.29. The molecule has 0 bridgehead atoms. The Morgan fingerprint density at radius 1 is 0.956 bits per heavy atom. The maximum atomic E-state index is 12.6. The highest BCUT2D eigenvalue weighted by molar-refractivity contribution is 5.25. The lowest BCUT2D eigenvalue weighted by Gasteiger charge is -2.72. The van der Waals surface area contributed by atoms with E-state index in [1.54, 1.807) is 0 Å². The summed E-state index contributed by atoms with van der Waals surface area (Å²) in [6, 6.07) is 0. The van der Waals surface area contributed by atoms with Crippen LogP contribution in [0.3, 0.4) is 0 Å². The van der Waals surface area contributed by atoms with Gasteiger partial charge in [0.2, 0.25) is 0 Å². The topological polar surface area (TPSA) is 80.6 Å². The number of rotatable bonds is 6. The molecule has 45 heavy (non-hydrogen) atoms. The summed E-state index contributed by atoms with van der Waals surface area (Å²) in [5, 5.41) is 23.7. The van der Waals surface area contributed by atoms with Crippen LogP contribution >= 0.6 is 0 Å². The van der Waals surface area contributed by atoms with E-state index in [-0.39, 0.29) is 51.7 Å². The zero-order valence-electron chi connectivity index (χ0n) is 30.5. The van der Waals surface area contributed by atoms with E-state index in [1.807, 2.05) is 20.8 Å². The van der Waals surface area contributed by atoms with Crippen LogP contribution in [-0.2, 0) is 18.9 Å². The summed E-state index contributed by atoms with van der Waals surface area (Å²) >= 11 is 0. The zero-order valence-corrected chi connectivity index (χ0v) is 30.5. The molecule has 0 aromatic rings. The fraction of sp³-hybridized carbons (Fsp3) is 1.00. The molecule has 2 aliphatic heterocycles. The van der Waals surface area contributed by atoms with E-state index in [9.17, 15) is 10.2 Å². The predicted molar refractivity (Wildman–Crippen MR) is 177 cm³/mol. The van der Waals surface area contributed by atoms with Crippen molar-refractivity contribution in [2.75, 3.05) is 33.4 Å². The lowest BCUT2D eigenvalue weighted by atomic mass is 9.32. The number of ether oxygens (including phenoxy) is 4. The Morgan fingerprint density at radius 2 is 1.60 bits per heavy atom. The van der Waals surface area contributed by atoms with Gasteiger partial charge >= 0.3 is 0 Å². The highest BCUT2D eigenvalue weighted by Gasteiger charge is 2.77. The lowest BCUT2D eigenvalue weighted by molar-refractivity contribution is -0.283. The molecule has 6 aliphatic rings. The summed E-state index contributed by atoms with van der Waals surface area (Å²) in [7, 11) is 2.16. The van der Waals surface area contributed by atoms with Crippen LogP contribution in [0.5, 0.6) is 0 Å². The van der Waals surface area contributed by atoms with E-state index in [0.717, 1.165) is 51.8 Å². The average Bonchev–Trinajstić information content (AvgIpc) is 3.12. The van der Waals surface area contributed by atoms with Crippen LogP contribution < -0.4 is 0 Å². The van der Waals surface area contributed by atoms with Gasteiger partial charge in [0.05, 0.1) is 36.6 Å². The van der Waals surface area contributed by atoms with Crippen LogP contribution in [0.4, 0.5) is 0 Å². The van der Waals surface area contributed by atoms with Gasteiger partial charge in [-0.1, -0.05) is 48.5 Å². The number of hydrogen-bond donors (Lipinski definition) is 2. The van der Waals surface area contributed by atoms with Crippen LogP contribution in [0, 0.1) is 50.7 Å². The van der Waals surface area contributed by atoms with Crippen LogP contribution in [0.15, 0.2) is 0 Å². The van der Waals surface area contributed by atoms with Gasteiger partial charge in [-0.05, 0) is 118 Å². The molecule has 0 aromatic heterocycles. The van der Waals surface area contributed by atoms with Crippen LogP contribution in [0.2, 0.25) is 0 Å². The molecule has 2 N–H and O–H groups in total. The quantitative estimate of drug-likeness (QED) is 0.356. The first kappa shape index (κ1) is 34.6. The monoisotopic (exact) mass is 633 g/mol. The number of likely N-dealkylation sites (N-methyl/N-ethyl adjacent to an activating group) is 1. The zero-order chi connectivity index (χ0) is 33.0. The molecule has 2 heterocycles. The molecule has 0 spiro atoms. The van der Waals surface area contributed by atoms with Gasteiger partial charge in [-0.25, -0.2) is 0 Å². The van der Waals surface area contributed by atoms with Crippen LogP contribution in [0.25, 0.3) is 0 Å². The second kappa shape index (κ2) is 11.4. The Morgan fingerprint density at radius 3 is 2.24 bits per heavy atom. The van der Waals surface area contributed by atoms with Gasteiger partial charge in [0.15, 0.2) is 6.29 Å². The summed E-state index contributed by atoms with van der Waals surface area (Å²) in [5.74, 6) is 1.64. The number of fused-ring (bicyclic) bond motifs is 7. The molecular formula is C38H67NO6. The molecule has 14 atom stereocenters. The van der Waals surface area contributed by atoms with Crippen molar-refractivity contribution in [1.29, 1.82) is 0 Å². The Labute approximate surface area is 274 Å². The lowest BCUT2D eigenvalue weighted by Crippen LogP contribution is -2.67. The van der Waals surface area contributed by atoms with E-state index in [2.05, 4.69) is 60.4 Å². The van der Waals surface area contributed by atoms with Crippen molar-refractivity contribution in [3.05, 3.63) is 0 Å². The molecular weight excluding hydrogens is 566 g/mol. The highest BCUT2D eigenvalue weighted by Crippen LogP contribution is 2.79. The second-order valence-corrected chi connectivity index (χ2v) is 18.6. The summed E-state index contributed by atoms with van der Waals surface area (Å²) in [5.41, 5.74) is -0.952. The van der Waals surface area contributed by atoms with Gasteiger partial charge in [-0.2, -0.15) is 0 Å². The maximum Gasteiger partial charge on any atom is 0.170 e. The van der Waals surface area contributed by atoms with Crippen LogP contribution in [0.1, 0.15) is 114 Å². The van der Waals surface area contributed by atoms with Gasteiger partial charge in [-0.15, -0.1) is 0 Å². The first-order valence-corrected chi connectivity index (χ1v) is 18.5. The van der Waals surface area contributed by atoms with Gasteiger partial charge in [0.25, 0.3) is 0 Å². The average molecular weight is 634 g/mol. The molecule has 0 unspecified atom stereocenters. The summed E-state index contributed by atoms with van der Waals surface area (Å²) in [6.07, 6.45) is 6.34. The fourth-order valence-corrected chi connectivity index (χ4v) is 13.3. The largest absolute Gasteiger partial charge is 0.390 e. The van der Waals surface area contributed by atoms with Crippen molar-refractivity contribution in [2.24, 2.45) is 50.7 Å². The number of aliphatic hydroxyl groups is 2. The molecule has 6 rings (SSSR count). The third kappa shape index (κ3) is 4.89. The van der Waals surface area contributed by atoms with Crippen LogP contribution in [-0.4, -0.2) is 90.9 Å². The molecule has 260 valence electrons. The molecule has 6 fully saturated rings. The van der Waals surface area contributed by atoms with Crippen molar-refractivity contribution in [3.8, 4) is 0 Å². The number of hydrogen-bond acceptors (Lipinski definition) is 7. The molecule has 0 amide bonds. The van der Waals surface area contributed by atoms with Gasteiger partial charge in [0.1, 0.15) is 6.10 Å². The van der Waals surface area contributed by atoms with Crippen molar-refractivity contribution in [3.63, 3.8) is 0 Å². The van der Waals surface area contributed by atoms with E-state index in [0.29, 0.717) is 30.3 Å². The molecule has 4 aliphatic carbocycles. The smallest absolute Gasteiger partial charge is 0.170 e. The minimum atomic E-state index is -1.02. The van der Waals surface area contributed by atoms with E-state index < -0.39 is 17.8 Å². The van der Waals surface area contributed by atoms with E-state index in [1.165, 1.54) is 12.8 Å². The maximum absolute atomic E-state index is 12.6. The Kier molecular flexibility index (Phi) is 8.75. The normalized spacial score (nSPS) is 52.3. The number of aliphatic hydroxyl groups excluding tert-OH is 1. The Balaban J connectivity index is 1.29. The molecule has 2 saturated heterocycles. The molecule has 7 heteroatoms. The Hall–Kier alpha value is -0.280. The second-order valence-electron chi connectivity index (χ2n) is 18.6. The first-order chi connectivity index (χ1) is 20.9. The summed E-state index contributed by atoms with van der Waals surface area (Å²) < 4.78 is 26.0. The molecule has 0 aromatic carbocycles. The number of morpholine rings is 1. The van der Waals surface area contributed by atoms with Gasteiger partial charge in [-0.3, -0.25) is 4.90 Å². The van der Waals surface area contributed by atoms with Crippen molar-refractivity contribution in [1.82, 2.24) is 4.90 Å². The minimum absolute atomic E-state index is 0.00906. The third-order valence-electron chi connectivity index (χ3n) is 15.9. The summed E-state index contributed by atoms with van der Waals surface area (Å²) in [6.45, 7) is 26.2. The third-order valence-corrected chi connectivity index (χ3v) is 15.9. The van der Waals surface area contributed by atoms with Crippen molar-refractivity contribution >= 4 is 0 Å².